The number of anilines is 2. The number of carbonyl (C=O) groups is 2. The van der Waals surface area contributed by atoms with Gasteiger partial charge in [-0.15, -0.1) is 0 Å². The molecule has 4 rings (SSSR count). The van der Waals surface area contributed by atoms with E-state index in [1.54, 1.807) is 30.2 Å². The van der Waals surface area contributed by atoms with Crippen molar-refractivity contribution in [2.45, 2.75) is 6.54 Å². The minimum atomic E-state index is -0.412. The van der Waals surface area contributed by atoms with E-state index in [1.165, 1.54) is 0 Å². The molecule has 150 valence electrons. The second-order valence-corrected chi connectivity index (χ2v) is 7.17. The molecule has 1 N–H and O–H groups in total. The highest BCUT2D eigenvalue weighted by Gasteiger charge is 2.26. The van der Waals surface area contributed by atoms with Crippen LogP contribution in [0.25, 0.3) is 10.9 Å². The Kier molecular flexibility index (Phi) is 5.42. The molecule has 2 heterocycles. The van der Waals surface area contributed by atoms with Gasteiger partial charge in [0.05, 0.1) is 30.0 Å². The first kappa shape index (κ1) is 19.3. The fraction of sp³-hybridized carbons (Fsp3) is 0.238. The number of hydrogen-bond donors (Lipinski definition) is 1. The van der Waals surface area contributed by atoms with E-state index in [0.29, 0.717) is 23.1 Å². The van der Waals surface area contributed by atoms with E-state index in [-0.39, 0.29) is 19.0 Å². The second kappa shape index (κ2) is 8.14. The van der Waals surface area contributed by atoms with Gasteiger partial charge in [-0.05, 0) is 36.4 Å². The van der Waals surface area contributed by atoms with Crippen molar-refractivity contribution >= 4 is 45.8 Å². The summed E-state index contributed by atoms with van der Waals surface area (Å²) in [6.07, 6.45) is 1.97. The molecule has 0 radical (unpaired) electrons. The third kappa shape index (κ3) is 4.06. The maximum Gasteiger partial charge on any atom is 0.331 e. The van der Waals surface area contributed by atoms with Gasteiger partial charge in [0.25, 0.3) is 0 Å². The molecule has 0 bridgehead atoms. The average molecular weight is 414 g/mol. The van der Waals surface area contributed by atoms with Gasteiger partial charge in [0.2, 0.25) is 5.91 Å². The molecule has 0 aliphatic carbocycles. The van der Waals surface area contributed by atoms with E-state index in [1.807, 2.05) is 30.5 Å². The number of nitrogens with zero attached hydrogens (tertiary/aromatic N) is 2. The quantitative estimate of drug-likeness (QED) is 0.496. The molecule has 8 heteroatoms. The van der Waals surface area contributed by atoms with E-state index in [4.69, 9.17) is 21.1 Å². The molecule has 0 saturated carbocycles. The number of rotatable bonds is 6. The van der Waals surface area contributed by atoms with Gasteiger partial charge >= 0.3 is 5.97 Å². The summed E-state index contributed by atoms with van der Waals surface area (Å²) in [6, 6.07) is 12.7. The van der Waals surface area contributed by atoms with Gasteiger partial charge in [-0.1, -0.05) is 17.7 Å². The molecule has 0 saturated heterocycles. The Labute approximate surface area is 172 Å². The van der Waals surface area contributed by atoms with Gasteiger partial charge < -0.3 is 24.3 Å². The maximum absolute atomic E-state index is 12.7. The first-order chi connectivity index (χ1) is 14.0. The van der Waals surface area contributed by atoms with E-state index in [2.05, 4.69) is 9.88 Å². The number of carbonyl (C=O) groups excluding carboxylic acids is 2. The second-order valence-electron chi connectivity index (χ2n) is 6.73. The third-order valence-corrected chi connectivity index (χ3v) is 5.00. The van der Waals surface area contributed by atoms with Crippen LogP contribution in [-0.2, 0) is 20.9 Å². The Morgan fingerprint density at radius 2 is 2.14 bits per heavy atom. The highest BCUT2D eigenvalue weighted by Crippen LogP contribution is 2.34. The topological polar surface area (TPSA) is 72.8 Å². The largest absolute Gasteiger partial charge is 0.423 e. The first-order valence-electron chi connectivity index (χ1n) is 9.17. The fourth-order valence-electron chi connectivity index (χ4n) is 3.44. The van der Waals surface area contributed by atoms with Crippen LogP contribution < -0.4 is 15.0 Å². The first-order valence-corrected chi connectivity index (χ1v) is 9.55. The zero-order chi connectivity index (χ0) is 20.4. The lowest BCUT2D eigenvalue weighted by Crippen LogP contribution is -2.41. The molecule has 0 atom stereocenters. The molecule has 1 aromatic heterocycles. The standard InChI is InChI=1S/C21H20ClN3O4/c1-28-10-9-24-8-7-15-16(3-2-4-17(15)24)23-20(26)12-25-13-21(27)29-19-6-5-14(22)11-18(19)25/h2-8,11H,9-10,12-13H2,1H3,(H,23,26). The maximum atomic E-state index is 12.7. The molecule has 2 aromatic carbocycles. The number of esters is 1. The smallest absolute Gasteiger partial charge is 0.331 e. The Morgan fingerprint density at radius 1 is 1.28 bits per heavy atom. The van der Waals surface area contributed by atoms with Gasteiger partial charge in [-0.3, -0.25) is 4.79 Å². The predicted molar refractivity (Wildman–Crippen MR) is 112 cm³/mol. The van der Waals surface area contributed by atoms with Crippen LogP contribution in [0.1, 0.15) is 0 Å². The van der Waals surface area contributed by atoms with Crippen LogP contribution in [0.5, 0.6) is 5.75 Å². The van der Waals surface area contributed by atoms with Crippen molar-refractivity contribution in [1.29, 1.82) is 0 Å². The van der Waals surface area contributed by atoms with Crippen molar-refractivity contribution in [2.75, 3.05) is 37.0 Å². The summed E-state index contributed by atoms with van der Waals surface area (Å²) in [5.41, 5.74) is 2.35. The molecule has 0 fully saturated rings. The average Bonchev–Trinajstić information content (AvgIpc) is 3.11. The van der Waals surface area contributed by atoms with Crippen LogP contribution >= 0.6 is 11.6 Å². The van der Waals surface area contributed by atoms with Crippen molar-refractivity contribution < 1.29 is 19.1 Å². The number of ether oxygens (including phenoxy) is 2. The summed E-state index contributed by atoms with van der Waals surface area (Å²) >= 11 is 6.07. The number of benzene rings is 2. The van der Waals surface area contributed by atoms with Crippen molar-refractivity contribution in [1.82, 2.24) is 4.57 Å². The number of amides is 1. The molecule has 0 spiro atoms. The molecule has 3 aromatic rings. The lowest BCUT2D eigenvalue weighted by atomic mass is 10.2. The number of fused-ring (bicyclic) bond motifs is 2. The van der Waals surface area contributed by atoms with E-state index < -0.39 is 5.97 Å². The Morgan fingerprint density at radius 3 is 2.97 bits per heavy atom. The van der Waals surface area contributed by atoms with Crippen LogP contribution in [0.4, 0.5) is 11.4 Å². The van der Waals surface area contributed by atoms with E-state index >= 15 is 0 Å². The zero-order valence-electron chi connectivity index (χ0n) is 15.9. The van der Waals surface area contributed by atoms with Gasteiger partial charge in [-0.25, -0.2) is 4.79 Å². The van der Waals surface area contributed by atoms with Gasteiger partial charge in [0.15, 0.2) is 5.75 Å². The van der Waals surface area contributed by atoms with Crippen LogP contribution in [0.2, 0.25) is 5.02 Å². The van der Waals surface area contributed by atoms with Gasteiger partial charge in [0.1, 0.15) is 6.54 Å². The van der Waals surface area contributed by atoms with Gasteiger partial charge in [0, 0.05) is 30.3 Å². The Balaban J connectivity index is 1.53. The zero-order valence-corrected chi connectivity index (χ0v) is 16.6. The van der Waals surface area contributed by atoms with Crippen molar-refractivity contribution in [2.24, 2.45) is 0 Å². The van der Waals surface area contributed by atoms with Crippen molar-refractivity contribution in [3.05, 3.63) is 53.7 Å². The normalized spacial score (nSPS) is 13.3. The Hall–Kier alpha value is -3.03. The Bertz CT molecular complexity index is 1080. The lowest BCUT2D eigenvalue weighted by Gasteiger charge is -2.29. The summed E-state index contributed by atoms with van der Waals surface area (Å²) in [4.78, 5) is 26.3. The molecule has 1 amide bonds. The molecule has 1 aliphatic heterocycles. The fourth-order valence-corrected chi connectivity index (χ4v) is 3.61. The van der Waals surface area contributed by atoms with Crippen LogP contribution in [0.15, 0.2) is 48.7 Å². The van der Waals surface area contributed by atoms with Crippen LogP contribution in [0, 0.1) is 0 Å². The number of halogens is 1. The molecule has 1 aliphatic rings. The number of nitrogens with one attached hydrogen (secondary N) is 1. The van der Waals surface area contributed by atoms with Gasteiger partial charge in [-0.2, -0.15) is 0 Å². The number of methoxy groups -OCH3 is 1. The highest BCUT2D eigenvalue weighted by atomic mass is 35.5. The van der Waals surface area contributed by atoms with Crippen molar-refractivity contribution in [3.8, 4) is 5.75 Å². The van der Waals surface area contributed by atoms with E-state index in [9.17, 15) is 9.59 Å². The van der Waals surface area contributed by atoms with E-state index in [0.717, 1.165) is 23.1 Å². The predicted octanol–water partition coefficient (Wildman–Crippen LogP) is 3.31. The summed E-state index contributed by atoms with van der Waals surface area (Å²) in [7, 11) is 1.67. The molecule has 7 nitrogen and oxygen atoms in total. The minimum Gasteiger partial charge on any atom is -0.423 e. The number of hydrogen-bond acceptors (Lipinski definition) is 5. The monoisotopic (exact) mass is 413 g/mol. The molecule has 0 unspecified atom stereocenters. The number of aromatic nitrogens is 1. The minimum absolute atomic E-state index is 0.00319. The van der Waals surface area contributed by atoms with Crippen LogP contribution in [-0.4, -0.2) is 43.2 Å². The summed E-state index contributed by atoms with van der Waals surface area (Å²) in [6.45, 7) is 1.32. The third-order valence-electron chi connectivity index (χ3n) is 4.76. The van der Waals surface area contributed by atoms with Crippen LogP contribution in [0.3, 0.4) is 0 Å². The summed E-state index contributed by atoms with van der Waals surface area (Å²) in [5.74, 6) is -0.247. The summed E-state index contributed by atoms with van der Waals surface area (Å²) < 4.78 is 12.4. The highest BCUT2D eigenvalue weighted by molar-refractivity contribution is 6.31. The van der Waals surface area contributed by atoms with Crippen molar-refractivity contribution in [3.63, 3.8) is 0 Å². The lowest BCUT2D eigenvalue weighted by molar-refractivity contribution is -0.133. The SMILES string of the molecule is COCCn1ccc2c(NC(=O)CN3CC(=O)Oc4ccc(Cl)cc43)cccc21. The molecular formula is C21H20ClN3O4. The molecular weight excluding hydrogens is 394 g/mol. The molecule has 29 heavy (non-hydrogen) atoms. The summed E-state index contributed by atoms with van der Waals surface area (Å²) in [5, 5.41) is 4.40.